The van der Waals surface area contributed by atoms with E-state index in [1.165, 1.54) is 30.5 Å². The average Bonchev–Trinajstić information content (AvgIpc) is 2.72. The third-order valence-electron chi connectivity index (χ3n) is 3.95. The number of anilines is 1. The standard InChI is InChI=1S/C13H23N3/c1-8(2)11-12(15-16(4)13(11)14)10-7-5-6-9(10)3/h8-10H,5-7,14H2,1-4H3. The molecule has 2 unspecified atom stereocenters. The number of nitrogen functional groups attached to an aromatic ring is 1. The summed E-state index contributed by atoms with van der Waals surface area (Å²) in [5.74, 6) is 2.70. The van der Waals surface area contributed by atoms with Crippen molar-refractivity contribution in [3.63, 3.8) is 0 Å². The Labute approximate surface area is 98.0 Å². The molecule has 1 heterocycles. The summed E-state index contributed by atoms with van der Waals surface area (Å²) < 4.78 is 1.84. The van der Waals surface area contributed by atoms with Crippen molar-refractivity contribution in [2.75, 3.05) is 5.73 Å². The summed E-state index contributed by atoms with van der Waals surface area (Å²) in [5, 5.41) is 4.66. The number of aromatic nitrogens is 2. The van der Waals surface area contributed by atoms with E-state index in [1.807, 2.05) is 11.7 Å². The molecule has 2 N–H and O–H groups in total. The van der Waals surface area contributed by atoms with E-state index < -0.39 is 0 Å². The van der Waals surface area contributed by atoms with Crippen molar-refractivity contribution in [1.29, 1.82) is 0 Å². The molecule has 1 aromatic heterocycles. The van der Waals surface area contributed by atoms with Crippen molar-refractivity contribution in [3.05, 3.63) is 11.3 Å². The molecule has 0 saturated heterocycles. The van der Waals surface area contributed by atoms with Crippen LogP contribution in [0.15, 0.2) is 0 Å². The van der Waals surface area contributed by atoms with Gasteiger partial charge in [-0.1, -0.05) is 33.6 Å². The third kappa shape index (κ3) is 1.72. The molecule has 2 atom stereocenters. The molecular formula is C13H23N3. The van der Waals surface area contributed by atoms with Gasteiger partial charge in [-0.2, -0.15) is 5.10 Å². The topological polar surface area (TPSA) is 43.8 Å². The van der Waals surface area contributed by atoms with Crippen LogP contribution in [-0.2, 0) is 7.05 Å². The normalized spacial score (nSPS) is 25.6. The van der Waals surface area contributed by atoms with E-state index >= 15 is 0 Å². The maximum absolute atomic E-state index is 6.12. The predicted octanol–water partition coefficient (Wildman–Crippen LogP) is 3.03. The van der Waals surface area contributed by atoms with Gasteiger partial charge in [0.1, 0.15) is 5.82 Å². The van der Waals surface area contributed by atoms with E-state index in [2.05, 4.69) is 25.9 Å². The number of hydrogen-bond donors (Lipinski definition) is 1. The molecule has 1 aliphatic carbocycles. The molecule has 1 aliphatic rings. The third-order valence-corrected chi connectivity index (χ3v) is 3.95. The van der Waals surface area contributed by atoms with Crippen molar-refractivity contribution < 1.29 is 0 Å². The Bertz CT molecular complexity index is 379. The molecule has 3 heteroatoms. The van der Waals surface area contributed by atoms with E-state index in [0.29, 0.717) is 11.8 Å². The first kappa shape index (κ1) is 11.5. The highest BCUT2D eigenvalue weighted by Crippen LogP contribution is 2.42. The number of aryl methyl sites for hydroxylation is 1. The van der Waals surface area contributed by atoms with Crippen LogP contribution < -0.4 is 5.73 Å². The van der Waals surface area contributed by atoms with Crippen LogP contribution in [0, 0.1) is 5.92 Å². The molecule has 0 spiro atoms. The number of rotatable bonds is 2. The van der Waals surface area contributed by atoms with Gasteiger partial charge in [-0.15, -0.1) is 0 Å². The summed E-state index contributed by atoms with van der Waals surface area (Å²) in [4.78, 5) is 0. The molecule has 90 valence electrons. The first-order valence-electron chi connectivity index (χ1n) is 6.34. The van der Waals surface area contributed by atoms with E-state index in [9.17, 15) is 0 Å². The molecule has 1 aromatic rings. The van der Waals surface area contributed by atoms with Gasteiger partial charge in [0, 0.05) is 18.5 Å². The Kier molecular flexibility index (Phi) is 2.96. The maximum Gasteiger partial charge on any atom is 0.125 e. The van der Waals surface area contributed by atoms with Gasteiger partial charge in [-0.05, 0) is 18.3 Å². The number of nitrogens with two attached hydrogens (primary N) is 1. The highest BCUT2D eigenvalue weighted by Gasteiger charge is 2.31. The zero-order chi connectivity index (χ0) is 11.9. The van der Waals surface area contributed by atoms with Crippen LogP contribution in [0.4, 0.5) is 5.82 Å². The fourth-order valence-electron chi connectivity index (χ4n) is 2.99. The Balaban J connectivity index is 2.43. The first-order valence-corrected chi connectivity index (χ1v) is 6.34. The molecule has 1 fully saturated rings. The minimum Gasteiger partial charge on any atom is -0.384 e. The van der Waals surface area contributed by atoms with Crippen molar-refractivity contribution in [2.45, 2.75) is 51.9 Å². The van der Waals surface area contributed by atoms with Gasteiger partial charge in [0.25, 0.3) is 0 Å². The summed E-state index contributed by atoms with van der Waals surface area (Å²) >= 11 is 0. The van der Waals surface area contributed by atoms with E-state index in [1.54, 1.807) is 0 Å². The summed E-state index contributed by atoms with van der Waals surface area (Å²) in [6, 6.07) is 0. The molecule has 1 saturated carbocycles. The zero-order valence-corrected chi connectivity index (χ0v) is 10.8. The van der Waals surface area contributed by atoms with Gasteiger partial charge >= 0.3 is 0 Å². The average molecular weight is 221 g/mol. The Morgan fingerprint density at radius 1 is 1.38 bits per heavy atom. The van der Waals surface area contributed by atoms with Gasteiger partial charge in [-0.25, -0.2) is 0 Å². The maximum atomic E-state index is 6.12. The Morgan fingerprint density at radius 2 is 2.06 bits per heavy atom. The van der Waals surface area contributed by atoms with Crippen LogP contribution in [0.3, 0.4) is 0 Å². The summed E-state index contributed by atoms with van der Waals surface area (Å²) in [6.45, 7) is 6.75. The Hall–Kier alpha value is -0.990. The molecular weight excluding hydrogens is 198 g/mol. The van der Waals surface area contributed by atoms with Gasteiger partial charge in [0.2, 0.25) is 0 Å². The minimum atomic E-state index is 0.469. The van der Waals surface area contributed by atoms with E-state index in [4.69, 9.17) is 5.73 Å². The number of hydrogen-bond acceptors (Lipinski definition) is 2. The van der Waals surface area contributed by atoms with Crippen LogP contribution >= 0.6 is 0 Å². The van der Waals surface area contributed by atoms with Crippen LogP contribution in [0.5, 0.6) is 0 Å². The van der Waals surface area contributed by atoms with Gasteiger partial charge in [0.15, 0.2) is 0 Å². The van der Waals surface area contributed by atoms with Gasteiger partial charge in [0.05, 0.1) is 5.69 Å². The summed E-state index contributed by atoms with van der Waals surface area (Å²) in [6.07, 6.45) is 3.94. The monoisotopic (exact) mass is 221 g/mol. The second-order valence-corrected chi connectivity index (χ2v) is 5.48. The van der Waals surface area contributed by atoms with Crippen LogP contribution in [-0.4, -0.2) is 9.78 Å². The Morgan fingerprint density at radius 3 is 2.56 bits per heavy atom. The molecule has 0 bridgehead atoms. The SMILES string of the molecule is CC(C)c1c(C2CCCC2C)nn(C)c1N. The molecule has 16 heavy (non-hydrogen) atoms. The smallest absolute Gasteiger partial charge is 0.125 e. The van der Waals surface area contributed by atoms with Crippen molar-refractivity contribution in [3.8, 4) is 0 Å². The number of nitrogens with zero attached hydrogens (tertiary/aromatic N) is 2. The lowest BCUT2D eigenvalue weighted by molar-refractivity contribution is 0.511. The van der Waals surface area contributed by atoms with Crippen molar-refractivity contribution in [1.82, 2.24) is 9.78 Å². The summed E-state index contributed by atoms with van der Waals surface area (Å²) in [5.41, 5.74) is 8.66. The van der Waals surface area contributed by atoms with Crippen molar-refractivity contribution in [2.24, 2.45) is 13.0 Å². The lowest BCUT2D eigenvalue weighted by Gasteiger charge is -2.16. The lowest BCUT2D eigenvalue weighted by Crippen LogP contribution is -2.07. The van der Waals surface area contributed by atoms with E-state index in [0.717, 1.165) is 11.7 Å². The minimum absolute atomic E-state index is 0.469. The first-order chi connectivity index (χ1) is 7.52. The molecule has 0 radical (unpaired) electrons. The largest absolute Gasteiger partial charge is 0.384 e. The second-order valence-electron chi connectivity index (χ2n) is 5.48. The molecule has 0 aromatic carbocycles. The molecule has 0 amide bonds. The van der Waals surface area contributed by atoms with Crippen LogP contribution in [0.25, 0.3) is 0 Å². The fraction of sp³-hybridized carbons (Fsp3) is 0.769. The van der Waals surface area contributed by atoms with Gasteiger partial charge in [-0.3, -0.25) is 4.68 Å². The molecule has 3 nitrogen and oxygen atoms in total. The van der Waals surface area contributed by atoms with E-state index in [-0.39, 0.29) is 0 Å². The molecule has 0 aliphatic heterocycles. The second kappa shape index (κ2) is 4.11. The zero-order valence-electron chi connectivity index (χ0n) is 10.8. The van der Waals surface area contributed by atoms with Crippen molar-refractivity contribution >= 4 is 5.82 Å². The predicted molar refractivity (Wildman–Crippen MR) is 67.5 cm³/mol. The lowest BCUT2D eigenvalue weighted by atomic mass is 9.89. The summed E-state index contributed by atoms with van der Waals surface area (Å²) in [7, 11) is 1.95. The van der Waals surface area contributed by atoms with Gasteiger partial charge < -0.3 is 5.73 Å². The fourth-order valence-corrected chi connectivity index (χ4v) is 2.99. The van der Waals surface area contributed by atoms with Crippen LogP contribution in [0.2, 0.25) is 0 Å². The molecule has 2 rings (SSSR count). The highest BCUT2D eigenvalue weighted by molar-refractivity contribution is 5.47. The highest BCUT2D eigenvalue weighted by atomic mass is 15.3. The quantitative estimate of drug-likeness (QED) is 0.834. The van der Waals surface area contributed by atoms with Crippen LogP contribution in [0.1, 0.15) is 63.1 Å².